The van der Waals surface area contributed by atoms with Crippen LogP contribution >= 0.6 is 12.2 Å². The molecule has 0 aliphatic carbocycles. The molecule has 22 heavy (non-hydrogen) atoms. The van der Waals surface area contributed by atoms with Gasteiger partial charge in [-0.25, -0.2) is 0 Å². The van der Waals surface area contributed by atoms with Gasteiger partial charge in [-0.1, -0.05) is 6.07 Å². The van der Waals surface area contributed by atoms with Gasteiger partial charge in [-0.2, -0.15) is 0 Å². The van der Waals surface area contributed by atoms with Crippen molar-refractivity contribution in [2.75, 3.05) is 25.6 Å². The lowest BCUT2D eigenvalue weighted by Crippen LogP contribution is -2.56. The molecular weight excluding hydrogens is 302 g/mol. The second-order valence-corrected chi connectivity index (χ2v) is 5.89. The van der Waals surface area contributed by atoms with Crippen LogP contribution in [0.25, 0.3) is 0 Å². The van der Waals surface area contributed by atoms with Gasteiger partial charge in [0.15, 0.2) is 11.4 Å². The topological polar surface area (TPSA) is 77.8 Å². The summed E-state index contributed by atoms with van der Waals surface area (Å²) in [5.74, 6) is 0.924. The van der Waals surface area contributed by atoms with Gasteiger partial charge < -0.3 is 30.6 Å². The molecule has 1 aromatic carbocycles. The first-order valence-corrected chi connectivity index (χ1v) is 7.80. The van der Waals surface area contributed by atoms with E-state index in [1.54, 1.807) is 7.11 Å². The number of hydrogen-bond acceptors (Lipinski definition) is 5. The predicted octanol–water partition coefficient (Wildman–Crippen LogP) is 0.997. The first-order chi connectivity index (χ1) is 10.7. The molecule has 2 aliphatic heterocycles. The molecule has 0 unspecified atom stereocenters. The van der Waals surface area contributed by atoms with Crippen molar-refractivity contribution in [1.82, 2.24) is 5.32 Å². The van der Waals surface area contributed by atoms with E-state index in [9.17, 15) is 0 Å². The largest absolute Gasteiger partial charge is 0.493 e. The molecule has 3 rings (SSSR count). The van der Waals surface area contributed by atoms with Crippen molar-refractivity contribution in [2.24, 2.45) is 5.73 Å². The summed E-state index contributed by atoms with van der Waals surface area (Å²) in [6.45, 7) is 1.19. The van der Waals surface area contributed by atoms with E-state index in [0.29, 0.717) is 24.7 Å². The maximum absolute atomic E-state index is 6.15. The zero-order valence-electron chi connectivity index (χ0n) is 12.5. The van der Waals surface area contributed by atoms with Crippen LogP contribution in [0.5, 0.6) is 5.75 Å². The fourth-order valence-corrected chi connectivity index (χ4v) is 3.03. The molecule has 4 N–H and O–H groups in total. The fraction of sp³-hybridized carbons (Fsp3) is 0.533. The average molecular weight is 323 g/mol. The molecule has 0 spiro atoms. The first kappa shape index (κ1) is 15.5. The Kier molecular flexibility index (Phi) is 4.77. The second kappa shape index (κ2) is 6.78. The standard InChI is InChI=1S/C15H21N3O3S/c1-19-14-7-10(16)12(8-21-14)18-15(22)17-11-3-2-4-13-9(11)5-6-20-13/h2-4,10,12,14H,5-8,16H2,1H3,(H2,17,18,22)/t10-,12+,14-/m1/s1. The molecule has 0 aromatic heterocycles. The van der Waals surface area contributed by atoms with E-state index in [1.807, 2.05) is 18.2 Å². The Morgan fingerprint density at radius 2 is 2.32 bits per heavy atom. The molecule has 6 nitrogen and oxygen atoms in total. The van der Waals surface area contributed by atoms with E-state index in [-0.39, 0.29) is 18.4 Å². The van der Waals surface area contributed by atoms with Gasteiger partial charge in [-0.3, -0.25) is 0 Å². The Labute approximate surface area is 135 Å². The van der Waals surface area contributed by atoms with E-state index in [4.69, 9.17) is 32.2 Å². The van der Waals surface area contributed by atoms with Crippen LogP contribution in [0.4, 0.5) is 5.69 Å². The summed E-state index contributed by atoms with van der Waals surface area (Å²) < 4.78 is 16.3. The van der Waals surface area contributed by atoms with Crippen molar-refractivity contribution in [3.8, 4) is 5.75 Å². The molecule has 120 valence electrons. The predicted molar refractivity (Wildman–Crippen MR) is 88.1 cm³/mol. The highest BCUT2D eigenvalue weighted by atomic mass is 32.1. The van der Waals surface area contributed by atoms with Crippen LogP contribution in [0, 0.1) is 0 Å². The van der Waals surface area contributed by atoms with Gasteiger partial charge in [0.25, 0.3) is 0 Å². The van der Waals surface area contributed by atoms with Gasteiger partial charge in [-0.05, 0) is 24.4 Å². The number of nitrogens with two attached hydrogens (primary N) is 1. The van der Waals surface area contributed by atoms with Crippen LogP contribution in [0.1, 0.15) is 12.0 Å². The SMILES string of the molecule is CO[C@H]1C[C@@H](N)[C@@H](NC(=S)Nc2cccc3c2CCO3)CO1. The van der Waals surface area contributed by atoms with E-state index in [0.717, 1.165) is 23.4 Å². The number of methoxy groups -OCH3 is 1. The highest BCUT2D eigenvalue weighted by Gasteiger charge is 2.29. The maximum atomic E-state index is 6.15. The summed E-state index contributed by atoms with van der Waals surface area (Å²) in [5.41, 5.74) is 8.29. The van der Waals surface area contributed by atoms with Gasteiger partial charge in [0.1, 0.15) is 5.75 Å². The first-order valence-electron chi connectivity index (χ1n) is 7.39. The van der Waals surface area contributed by atoms with Gasteiger partial charge in [0.2, 0.25) is 0 Å². The quantitative estimate of drug-likeness (QED) is 0.716. The van der Waals surface area contributed by atoms with Crippen molar-refractivity contribution < 1.29 is 14.2 Å². The van der Waals surface area contributed by atoms with Crippen LogP contribution in [0.2, 0.25) is 0 Å². The molecule has 1 aromatic rings. The molecule has 0 saturated carbocycles. The van der Waals surface area contributed by atoms with Gasteiger partial charge in [0, 0.05) is 37.2 Å². The molecule has 2 aliphatic rings. The highest BCUT2D eigenvalue weighted by Crippen LogP contribution is 2.31. The van der Waals surface area contributed by atoms with E-state index >= 15 is 0 Å². The van der Waals surface area contributed by atoms with E-state index in [2.05, 4.69) is 10.6 Å². The molecule has 3 atom stereocenters. The number of anilines is 1. The Morgan fingerprint density at radius 3 is 3.09 bits per heavy atom. The normalized spacial score (nSPS) is 26.9. The molecule has 7 heteroatoms. The minimum atomic E-state index is -0.232. The van der Waals surface area contributed by atoms with Crippen LogP contribution in [-0.2, 0) is 15.9 Å². The lowest BCUT2D eigenvalue weighted by Gasteiger charge is -2.34. The number of benzene rings is 1. The van der Waals surface area contributed by atoms with Crippen molar-refractivity contribution in [3.05, 3.63) is 23.8 Å². The van der Waals surface area contributed by atoms with Gasteiger partial charge >= 0.3 is 0 Å². The number of fused-ring (bicyclic) bond motifs is 1. The zero-order chi connectivity index (χ0) is 15.5. The minimum absolute atomic E-state index is 0.0283. The molecule has 2 heterocycles. The van der Waals surface area contributed by atoms with Crippen LogP contribution in [0.3, 0.4) is 0 Å². The minimum Gasteiger partial charge on any atom is -0.493 e. The molecule has 1 saturated heterocycles. The summed E-state index contributed by atoms with van der Waals surface area (Å²) in [6, 6.07) is 5.83. The average Bonchev–Trinajstić information content (AvgIpc) is 2.99. The summed E-state index contributed by atoms with van der Waals surface area (Å²) in [7, 11) is 1.62. The lowest BCUT2D eigenvalue weighted by molar-refractivity contribution is -0.155. The number of ether oxygens (including phenoxy) is 3. The summed E-state index contributed by atoms with van der Waals surface area (Å²) in [5, 5.41) is 7.00. The van der Waals surface area contributed by atoms with Crippen molar-refractivity contribution in [2.45, 2.75) is 31.2 Å². The van der Waals surface area contributed by atoms with Crippen molar-refractivity contribution in [1.29, 1.82) is 0 Å². The number of hydrogen-bond donors (Lipinski definition) is 3. The zero-order valence-corrected chi connectivity index (χ0v) is 13.3. The summed E-state index contributed by atoms with van der Waals surface area (Å²) >= 11 is 5.39. The fourth-order valence-electron chi connectivity index (χ4n) is 2.77. The molecule has 0 amide bonds. The maximum Gasteiger partial charge on any atom is 0.171 e. The number of nitrogens with one attached hydrogen (secondary N) is 2. The lowest BCUT2D eigenvalue weighted by atomic mass is 10.0. The van der Waals surface area contributed by atoms with Crippen LogP contribution in [0.15, 0.2) is 18.2 Å². The molecule has 0 bridgehead atoms. The molecular formula is C15H21N3O3S. The third kappa shape index (κ3) is 3.33. The molecule has 1 fully saturated rings. The van der Waals surface area contributed by atoms with E-state index < -0.39 is 0 Å². The molecule has 0 radical (unpaired) electrons. The van der Waals surface area contributed by atoms with Crippen molar-refractivity contribution >= 4 is 23.0 Å². The Hall–Kier alpha value is -1.41. The van der Waals surface area contributed by atoms with E-state index in [1.165, 1.54) is 0 Å². The second-order valence-electron chi connectivity index (χ2n) is 5.48. The Balaban J connectivity index is 1.58. The van der Waals surface area contributed by atoms with Gasteiger partial charge in [0.05, 0.1) is 19.3 Å². The third-order valence-corrected chi connectivity index (χ3v) is 4.23. The monoisotopic (exact) mass is 323 g/mol. The highest BCUT2D eigenvalue weighted by molar-refractivity contribution is 7.80. The van der Waals surface area contributed by atoms with Crippen molar-refractivity contribution in [3.63, 3.8) is 0 Å². The van der Waals surface area contributed by atoms with Crippen LogP contribution in [-0.4, -0.2) is 43.8 Å². The number of rotatable bonds is 3. The smallest absolute Gasteiger partial charge is 0.171 e. The Bertz CT molecular complexity index is 555. The number of thiocarbonyl (C=S) groups is 1. The Morgan fingerprint density at radius 1 is 1.45 bits per heavy atom. The summed E-state index contributed by atoms with van der Waals surface area (Å²) in [4.78, 5) is 0. The summed E-state index contributed by atoms with van der Waals surface area (Å²) in [6.07, 6.45) is 1.30. The van der Waals surface area contributed by atoms with Gasteiger partial charge in [-0.15, -0.1) is 0 Å². The third-order valence-electron chi connectivity index (χ3n) is 4.01. The van der Waals surface area contributed by atoms with Crippen LogP contribution < -0.4 is 21.1 Å².